The molecule has 1 aliphatic heterocycles. The quantitative estimate of drug-likeness (QED) is 0.661. The first-order valence-electron chi connectivity index (χ1n) is 7.18. The van der Waals surface area contributed by atoms with Crippen LogP contribution in [0.4, 0.5) is 5.69 Å². The van der Waals surface area contributed by atoms with Crippen LogP contribution in [0.3, 0.4) is 0 Å². The highest BCUT2D eigenvalue weighted by atomic mass is 32.2. The maximum absolute atomic E-state index is 12.6. The number of aromatic nitrogens is 2. The molecule has 1 amide bonds. The van der Waals surface area contributed by atoms with E-state index in [1.54, 1.807) is 48.3 Å². The van der Waals surface area contributed by atoms with Gasteiger partial charge in [-0.1, -0.05) is 12.2 Å². The number of fused-ring (bicyclic) bond motifs is 1. The van der Waals surface area contributed by atoms with Crippen molar-refractivity contribution in [3.8, 4) is 0 Å². The standard InChI is InChI=1S/C15H17N5O3S/c1-20-8-13-12(3-2-11(9-21)19-24(13,16)23)14(20)15(22)18-10-4-6-17-7-5-10/h2-8,11,21H,9H2,1H3,(H2,16,19,23)(H,17,18,22)/t11-,24?/m1/s1. The second-order valence-electron chi connectivity index (χ2n) is 5.38. The van der Waals surface area contributed by atoms with Crippen molar-refractivity contribution >= 4 is 27.6 Å². The Labute approximate surface area is 139 Å². The number of carbonyl (C=O) groups excluding carboxylic acids is 1. The van der Waals surface area contributed by atoms with E-state index >= 15 is 0 Å². The van der Waals surface area contributed by atoms with Crippen molar-refractivity contribution < 1.29 is 14.1 Å². The number of aryl methyl sites for hydroxylation is 1. The number of aliphatic hydroxyl groups excluding tert-OH is 1. The summed E-state index contributed by atoms with van der Waals surface area (Å²) < 4.78 is 24.8. The molecule has 0 fully saturated rings. The maximum atomic E-state index is 12.6. The van der Waals surface area contributed by atoms with Gasteiger partial charge in [0.05, 0.1) is 17.5 Å². The number of anilines is 1. The SMILES string of the molecule is Cn1cc2c(c1C(=O)Nc1ccncc1)C=C[C@H](CO)NS2(=N)=O. The highest BCUT2D eigenvalue weighted by molar-refractivity contribution is 7.90. The maximum Gasteiger partial charge on any atom is 0.272 e. The van der Waals surface area contributed by atoms with Crippen molar-refractivity contribution in [1.82, 2.24) is 14.3 Å². The Morgan fingerprint density at radius 3 is 2.88 bits per heavy atom. The van der Waals surface area contributed by atoms with Crippen molar-refractivity contribution in [3.05, 3.63) is 48.1 Å². The molecule has 0 aromatic carbocycles. The Bertz CT molecular complexity index is 903. The molecule has 0 saturated carbocycles. The summed E-state index contributed by atoms with van der Waals surface area (Å²) in [5.41, 5.74) is 1.28. The lowest BCUT2D eigenvalue weighted by Crippen LogP contribution is -2.34. The molecular formula is C15H17N5O3S. The van der Waals surface area contributed by atoms with Crippen LogP contribution in [-0.4, -0.2) is 37.4 Å². The summed E-state index contributed by atoms with van der Waals surface area (Å²) in [5, 5.41) is 12.0. The van der Waals surface area contributed by atoms with Gasteiger partial charge in [-0.3, -0.25) is 9.78 Å². The highest BCUT2D eigenvalue weighted by Gasteiger charge is 2.28. The number of hydrogen-bond acceptors (Lipinski definition) is 5. The summed E-state index contributed by atoms with van der Waals surface area (Å²) in [5.74, 6) is -0.382. The molecule has 3 heterocycles. The van der Waals surface area contributed by atoms with Crippen LogP contribution in [0.1, 0.15) is 16.1 Å². The summed E-state index contributed by atoms with van der Waals surface area (Å²) >= 11 is 0. The van der Waals surface area contributed by atoms with E-state index in [1.165, 1.54) is 6.20 Å². The Morgan fingerprint density at radius 1 is 1.50 bits per heavy atom. The van der Waals surface area contributed by atoms with Crippen LogP contribution >= 0.6 is 0 Å². The number of aliphatic hydroxyl groups is 1. The number of carbonyl (C=O) groups is 1. The fourth-order valence-corrected chi connectivity index (χ4v) is 4.03. The molecule has 4 N–H and O–H groups in total. The molecular weight excluding hydrogens is 330 g/mol. The van der Waals surface area contributed by atoms with Gasteiger partial charge in [-0.25, -0.2) is 13.7 Å². The second kappa shape index (κ2) is 6.19. The van der Waals surface area contributed by atoms with Crippen LogP contribution in [0, 0.1) is 4.78 Å². The molecule has 0 spiro atoms. The number of nitrogens with one attached hydrogen (secondary N) is 3. The molecule has 0 bridgehead atoms. The Hall–Kier alpha value is -2.49. The Balaban J connectivity index is 2.05. The first-order valence-corrected chi connectivity index (χ1v) is 8.74. The molecule has 2 aromatic rings. The van der Waals surface area contributed by atoms with Gasteiger partial charge < -0.3 is 15.0 Å². The van der Waals surface area contributed by atoms with E-state index in [-0.39, 0.29) is 17.4 Å². The van der Waals surface area contributed by atoms with Gasteiger partial charge >= 0.3 is 0 Å². The van der Waals surface area contributed by atoms with Gasteiger partial charge in [-0.05, 0) is 12.1 Å². The first-order chi connectivity index (χ1) is 11.4. The third-order valence-electron chi connectivity index (χ3n) is 3.66. The largest absolute Gasteiger partial charge is 0.394 e. The summed E-state index contributed by atoms with van der Waals surface area (Å²) in [6, 6.07) is 2.71. The topological polar surface area (TPSA) is 120 Å². The van der Waals surface area contributed by atoms with Gasteiger partial charge in [-0.2, -0.15) is 0 Å². The van der Waals surface area contributed by atoms with Crippen LogP contribution in [-0.2, 0) is 17.0 Å². The van der Waals surface area contributed by atoms with E-state index in [9.17, 15) is 14.1 Å². The molecule has 0 aliphatic carbocycles. The zero-order valence-corrected chi connectivity index (χ0v) is 13.7. The third-order valence-corrected chi connectivity index (χ3v) is 5.24. The average molecular weight is 347 g/mol. The lowest BCUT2D eigenvalue weighted by atomic mass is 10.1. The van der Waals surface area contributed by atoms with Gasteiger partial charge in [0.15, 0.2) is 0 Å². The molecule has 2 aromatic heterocycles. The van der Waals surface area contributed by atoms with Crippen LogP contribution in [0.5, 0.6) is 0 Å². The van der Waals surface area contributed by atoms with Crippen molar-refractivity contribution in [2.45, 2.75) is 10.9 Å². The van der Waals surface area contributed by atoms with Gasteiger partial charge in [0.25, 0.3) is 5.91 Å². The minimum absolute atomic E-state index is 0.220. The van der Waals surface area contributed by atoms with Gasteiger partial charge in [0, 0.05) is 36.9 Å². The molecule has 0 saturated heterocycles. The van der Waals surface area contributed by atoms with E-state index in [0.29, 0.717) is 16.9 Å². The fourth-order valence-electron chi connectivity index (χ4n) is 2.54. The van der Waals surface area contributed by atoms with Crippen LogP contribution in [0.25, 0.3) is 6.08 Å². The predicted octanol–water partition coefficient (Wildman–Crippen LogP) is 0.970. The van der Waals surface area contributed by atoms with Crippen LogP contribution in [0.15, 0.2) is 41.7 Å². The van der Waals surface area contributed by atoms with Gasteiger partial charge in [0.2, 0.25) is 0 Å². The number of amides is 1. The molecule has 8 nitrogen and oxygen atoms in total. The van der Waals surface area contributed by atoms with E-state index < -0.39 is 16.0 Å². The minimum atomic E-state index is -3.33. The second-order valence-corrected chi connectivity index (χ2v) is 7.17. The summed E-state index contributed by atoms with van der Waals surface area (Å²) in [6.45, 7) is -0.290. The molecule has 0 radical (unpaired) electrons. The Kier molecular flexibility index (Phi) is 4.22. The highest BCUT2D eigenvalue weighted by Crippen LogP contribution is 2.27. The van der Waals surface area contributed by atoms with E-state index in [0.717, 1.165) is 0 Å². The average Bonchev–Trinajstić information content (AvgIpc) is 2.83. The molecule has 24 heavy (non-hydrogen) atoms. The Morgan fingerprint density at radius 2 is 2.21 bits per heavy atom. The monoisotopic (exact) mass is 347 g/mol. The molecule has 1 aliphatic rings. The summed E-state index contributed by atoms with van der Waals surface area (Å²) in [4.78, 5) is 16.7. The molecule has 9 heteroatoms. The number of nitrogens with zero attached hydrogens (tertiary/aromatic N) is 2. The van der Waals surface area contributed by atoms with Crippen molar-refractivity contribution in [2.24, 2.45) is 7.05 Å². The van der Waals surface area contributed by atoms with E-state index in [1.807, 2.05) is 0 Å². The zero-order chi connectivity index (χ0) is 17.3. The zero-order valence-electron chi connectivity index (χ0n) is 12.9. The number of pyridine rings is 1. The van der Waals surface area contributed by atoms with Crippen molar-refractivity contribution in [2.75, 3.05) is 11.9 Å². The fraction of sp³-hybridized carbons (Fsp3) is 0.200. The van der Waals surface area contributed by atoms with E-state index in [2.05, 4.69) is 15.0 Å². The lowest BCUT2D eigenvalue weighted by molar-refractivity contribution is 0.101. The predicted molar refractivity (Wildman–Crippen MR) is 89.8 cm³/mol. The van der Waals surface area contributed by atoms with Crippen molar-refractivity contribution in [3.63, 3.8) is 0 Å². The first kappa shape index (κ1) is 16.4. The van der Waals surface area contributed by atoms with Gasteiger partial charge in [-0.15, -0.1) is 0 Å². The third kappa shape index (κ3) is 2.96. The summed E-state index contributed by atoms with van der Waals surface area (Å²) in [7, 11) is -1.68. The molecule has 126 valence electrons. The van der Waals surface area contributed by atoms with Gasteiger partial charge in [0.1, 0.15) is 15.6 Å². The molecule has 1 unspecified atom stereocenters. The minimum Gasteiger partial charge on any atom is -0.394 e. The molecule has 3 rings (SSSR count). The number of rotatable bonds is 3. The van der Waals surface area contributed by atoms with Crippen LogP contribution < -0.4 is 10.0 Å². The van der Waals surface area contributed by atoms with Crippen LogP contribution in [0.2, 0.25) is 0 Å². The number of hydrogen-bond donors (Lipinski definition) is 4. The molecule has 2 atom stereocenters. The van der Waals surface area contributed by atoms with Crippen molar-refractivity contribution in [1.29, 1.82) is 4.78 Å². The summed E-state index contributed by atoms with van der Waals surface area (Å²) in [6.07, 6.45) is 7.85. The lowest BCUT2D eigenvalue weighted by Gasteiger charge is -2.12. The van der Waals surface area contributed by atoms with E-state index in [4.69, 9.17) is 4.78 Å². The smallest absolute Gasteiger partial charge is 0.272 e. The normalized spacial score (nSPS) is 22.7.